The van der Waals surface area contributed by atoms with Crippen LogP contribution in [0, 0.1) is 0 Å². The molecule has 0 aliphatic carbocycles. The number of esters is 1. The van der Waals surface area contributed by atoms with Crippen LogP contribution in [0.4, 0.5) is 4.79 Å². The molecule has 0 atom stereocenters. The molecule has 8 nitrogen and oxygen atoms in total. The summed E-state index contributed by atoms with van der Waals surface area (Å²) in [5, 5.41) is 10.4. The van der Waals surface area contributed by atoms with Crippen LogP contribution in [0.5, 0.6) is 0 Å². The first-order chi connectivity index (χ1) is 11.0. The predicted molar refractivity (Wildman–Crippen MR) is 83.1 cm³/mol. The Morgan fingerprint density at radius 3 is 2.87 bits per heavy atom. The van der Waals surface area contributed by atoms with Crippen LogP contribution in [-0.2, 0) is 23.0 Å². The monoisotopic (exact) mass is 336 g/mol. The lowest BCUT2D eigenvalue weighted by molar-refractivity contribution is -0.123. The van der Waals surface area contributed by atoms with Crippen molar-refractivity contribution in [3.63, 3.8) is 0 Å². The van der Waals surface area contributed by atoms with Crippen molar-refractivity contribution in [1.82, 2.24) is 20.4 Å². The molecule has 0 aliphatic rings. The maximum absolute atomic E-state index is 11.6. The predicted octanol–water partition coefficient (Wildman–Crippen LogP) is 0.707. The van der Waals surface area contributed by atoms with E-state index in [0.29, 0.717) is 13.0 Å². The summed E-state index contributed by atoms with van der Waals surface area (Å²) in [4.78, 5) is 35.8. The number of hydrogen-bond acceptors (Lipinski definition) is 6. The van der Waals surface area contributed by atoms with Gasteiger partial charge in [-0.3, -0.25) is 14.8 Å². The summed E-state index contributed by atoms with van der Waals surface area (Å²) in [7, 11) is 1.66. The summed E-state index contributed by atoms with van der Waals surface area (Å²) in [5.41, 5.74) is 0.237. The molecule has 0 saturated heterocycles. The number of rotatable bonds is 6. The summed E-state index contributed by atoms with van der Waals surface area (Å²) in [6, 6.07) is 3.28. The van der Waals surface area contributed by atoms with E-state index in [-0.39, 0.29) is 5.56 Å². The van der Waals surface area contributed by atoms with Crippen molar-refractivity contribution in [1.29, 1.82) is 0 Å². The highest BCUT2D eigenvalue weighted by atomic mass is 32.1. The second-order valence-corrected chi connectivity index (χ2v) is 5.64. The average Bonchev–Trinajstić information content (AvgIpc) is 3.16. The molecule has 2 rings (SSSR count). The standard InChI is InChI=1S/C14H16N4O4S/c1-18-8-10(7-16-18)13(20)22-9-12(19)17-14(21)15-5-4-11-3-2-6-23-11/h2-3,6-8H,4-5,9H2,1H3,(H2,15,17,19,21). The molecular weight excluding hydrogens is 320 g/mol. The van der Waals surface area contributed by atoms with Gasteiger partial charge in [0.1, 0.15) is 0 Å². The van der Waals surface area contributed by atoms with Crippen LogP contribution in [0.25, 0.3) is 0 Å². The van der Waals surface area contributed by atoms with Crippen LogP contribution in [0.3, 0.4) is 0 Å². The third-order valence-electron chi connectivity index (χ3n) is 2.76. The largest absolute Gasteiger partial charge is 0.452 e. The number of carbonyl (C=O) groups excluding carboxylic acids is 3. The number of amides is 3. The van der Waals surface area contributed by atoms with Gasteiger partial charge in [0.25, 0.3) is 5.91 Å². The molecule has 0 aliphatic heterocycles. The number of carbonyl (C=O) groups is 3. The molecule has 2 aromatic heterocycles. The summed E-state index contributed by atoms with van der Waals surface area (Å²) in [5.74, 6) is -1.37. The van der Waals surface area contributed by atoms with Crippen molar-refractivity contribution in [3.05, 3.63) is 40.3 Å². The van der Waals surface area contributed by atoms with Crippen molar-refractivity contribution >= 4 is 29.2 Å². The SMILES string of the molecule is Cn1cc(C(=O)OCC(=O)NC(=O)NCCc2cccs2)cn1. The first-order valence-corrected chi connectivity index (χ1v) is 7.68. The van der Waals surface area contributed by atoms with Crippen LogP contribution in [0.15, 0.2) is 29.9 Å². The quantitative estimate of drug-likeness (QED) is 0.756. The van der Waals surface area contributed by atoms with Crippen molar-refractivity contribution in [2.45, 2.75) is 6.42 Å². The Labute approximate surface area is 136 Å². The molecule has 0 saturated carbocycles. The topological polar surface area (TPSA) is 102 Å². The fourth-order valence-corrected chi connectivity index (χ4v) is 2.41. The molecule has 0 fully saturated rings. The van der Waals surface area contributed by atoms with E-state index in [1.807, 2.05) is 17.5 Å². The second-order valence-electron chi connectivity index (χ2n) is 4.61. The number of nitrogens with one attached hydrogen (secondary N) is 2. The molecule has 2 heterocycles. The molecule has 0 unspecified atom stereocenters. The fraction of sp³-hybridized carbons (Fsp3) is 0.286. The molecule has 0 radical (unpaired) electrons. The summed E-state index contributed by atoms with van der Waals surface area (Å²) in [6.45, 7) is -0.124. The highest BCUT2D eigenvalue weighted by molar-refractivity contribution is 7.09. The van der Waals surface area contributed by atoms with Crippen LogP contribution in [0.2, 0.25) is 0 Å². The van der Waals surface area contributed by atoms with Crippen molar-refractivity contribution in [2.75, 3.05) is 13.2 Å². The highest BCUT2D eigenvalue weighted by Gasteiger charge is 2.13. The van der Waals surface area contributed by atoms with Gasteiger partial charge < -0.3 is 10.1 Å². The van der Waals surface area contributed by atoms with Crippen LogP contribution in [0.1, 0.15) is 15.2 Å². The first-order valence-electron chi connectivity index (χ1n) is 6.80. The van der Waals surface area contributed by atoms with Crippen molar-refractivity contribution in [3.8, 4) is 0 Å². The molecule has 0 bridgehead atoms. The number of nitrogens with zero attached hydrogens (tertiary/aromatic N) is 2. The average molecular weight is 336 g/mol. The second kappa shape index (κ2) is 8.08. The van der Waals surface area contributed by atoms with E-state index in [4.69, 9.17) is 4.74 Å². The third-order valence-corrected chi connectivity index (χ3v) is 3.70. The summed E-state index contributed by atoms with van der Waals surface area (Å²) in [6.07, 6.45) is 3.49. The molecular formula is C14H16N4O4S. The molecule has 2 aromatic rings. The maximum Gasteiger partial charge on any atom is 0.341 e. The molecule has 0 aromatic carbocycles. The zero-order chi connectivity index (χ0) is 16.7. The first kappa shape index (κ1) is 16.7. The Bertz CT molecular complexity index is 681. The third kappa shape index (κ3) is 5.55. The lowest BCUT2D eigenvalue weighted by Crippen LogP contribution is -2.42. The minimum absolute atomic E-state index is 0.237. The number of urea groups is 1. The van der Waals surface area contributed by atoms with E-state index in [1.165, 1.54) is 17.1 Å². The Balaban J connectivity index is 1.63. The number of thiophene rings is 1. The van der Waals surface area contributed by atoms with E-state index in [1.54, 1.807) is 18.4 Å². The Kier molecular flexibility index (Phi) is 5.87. The van der Waals surface area contributed by atoms with Gasteiger partial charge in [-0.15, -0.1) is 11.3 Å². The molecule has 3 amide bonds. The van der Waals surface area contributed by atoms with Gasteiger partial charge in [-0.1, -0.05) is 6.07 Å². The lowest BCUT2D eigenvalue weighted by atomic mass is 10.3. The van der Waals surface area contributed by atoms with Gasteiger partial charge in [0.15, 0.2) is 6.61 Å². The molecule has 122 valence electrons. The summed E-state index contributed by atoms with van der Waals surface area (Å²) < 4.78 is 6.23. The lowest BCUT2D eigenvalue weighted by Gasteiger charge is -2.06. The van der Waals surface area contributed by atoms with Gasteiger partial charge >= 0.3 is 12.0 Å². The van der Waals surface area contributed by atoms with E-state index >= 15 is 0 Å². The Morgan fingerprint density at radius 2 is 2.22 bits per heavy atom. The van der Waals surface area contributed by atoms with Gasteiger partial charge in [-0.2, -0.15) is 5.10 Å². The molecule has 0 spiro atoms. The fourth-order valence-electron chi connectivity index (χ4n) is 1.70. The zero-order valence-electron chi connectivity index (χ0n) is 12.4. The van der Waals surface area contributed by atoms with Crippen LogP contribution in [-0.4, -0.2) is 40.8 Å². The summed E-state index contributed by atoms with van der Waals surface area (Å²) >= 11 is 1.60. The van der Waals surface area contributed by atoms with Crippen molar-refractivity contribution in [2.24, 2.45) is 7.05 Å². The van der Waals surface area contributed by atoms with Gasteiger partial charge in [-0.25, -0.2) is 9.59 Å². The smallest absolute Gasteiger partial charge is 0.341 e. The van der Waals surface area contributed by atoms with Gasteiger partial charge in [-0.05, 0) is 17.9 Å². The Morgan fingerprint density at radius 1 is 1.39 bits per heavy atom. The Hall–Kier alpha value is -2.68. The molecule has 23 heavy (non-hydrogen) atoms. The van der Waals surface area contributed by atoms with Gasteiger partial charge in [0, 0.05) is 24.7 Å². The van der Waals surface area contributed by atoms with Gasteiger partial charge in [0.05, 0.1) is 11.8 Å². The van der Waals surface area contributed by atoms with Crippen LogP contribution < -0.4 is 10.6 Å². The number of imide groups is 1. The zero-order valence-corrected chi connectivity index (χ0v) is 13.3. The highest BCUT2D eigenvalue weighted by Crippen LogP contribution is 2.07. The number of hydrogen-bond donors (Lipinski definition) is 2. The minimum Gasteiger partial charge on any atom is -0.452 e. The van der Waals surface area contributed by atoms with Gasteiger partial charge in [0.2, 0.25) is 0 Å². The minimum atomic E-state index is -0.698. The maximum atomic E-state index is 11.6. The molecule has 2 N–H and O–H groups in total. The van der Waals surface area contributed by atoms with E-state index < -0.39 is 24.5 Å². The molecule has 9 heteroatoms. The van der Waals surface area contributed by atoms with E-state index in [9.17, 15) is 14.4 Å². The normalized spacial score (nSPS) is 10.1. The van der Waals surface area contributed by atoms with Crippen molar-refractivity contribution < 1.29 is 19.1 Å². The number of aromatic nitrogens is 2. The number of ether oxygens (including phenoxy) is 1. The van der Waals surface area contributed by atoms with E-state index in [0.717, 1.165) is 4.88 Å². The number of aryl methyl sites for hydroxylation is 1. The van der Waals surface area contributed by atoms with E-state index in [2.05, 4.69) is 15.7 Å². The van der Waals surface area contributed by atoms with Crippen LogP contribution >= 0.6 is 11.3 Å².